The largest absolute Gasteiger partial charge is 0.399 e. The van der Waals surface area contributed by atoms with Crippen LogP contribution in [0.2, 0.25) is 0 Å². The first-order chi connectivity index (χ1) is 8.16. The van der Waals surface area contributed by atoms with Crippen molar-refractivity contribution in [1.82, 2.24) is 10.5 Å². The second kappa shape index (κ2) is 4.56. The van der Waals surface area contributed by atoms with Gasteiger partial charge in [-0.1, -0.05) is 5.16 Å². The Balaban J connectivity index is 2.04. The zero-order valence-electron chi connectivity index (χ0n) is 9.01. The van der Waals surface area contributed by atoms with Gasteiger partial charge in [-0.05, 0) is 18.2 Å². The van der Waals surface area contributed by atoms with Crippen LogP contribution in [0.1, 0.15) is 16.1 Å². The Bertz CT molecular complexity index is 522. The summed E-state index contributed by atoms with van der Waals surface area (Å²) in [4.78, 5) is 11.8. The molecular formula is C11H12N4O2. The van der Waals surface area contributed by atoms with Crippen LogP contribution in [0.4, 0.5) is 11.4 Å². The molecule has 0 atom stereocenters. The highest BCUT2D eigenvalue weighted by Crippen LogP contribution is 2.15. The molecule has 0 saturated carbocycles. The molecule has 0 aliphatic carbocycles. The van der Waals surface area contributed by atoms with Crippen LogP contribution in [0.15, 0.2) is 35.0 Å². The summed E-state index contributed by atoms with van der Waals surface area (Å²) in [6, 6.07) is 6.43. The third-order valence-electron chi connectivity index (χ3n) is 2.23. The van der Waals surface area contributed by atoms with E-state index in [1.165, 1.54) is 6.20 Å². The smallest absolute Gasteiger partial charge is 0.253 e. The Morgan fingerprint density at radius 1 is 1.35 bits per heavy atom. The van der Waals surface area contributed by atoms with Crippen LogP contribution in [0.5, 0.6) is 0 Å². The highest BCUT2D eigenvalue weighted by molar-refractivity contribution is 5.99. The Labute approximate surface area is 97.6 Å². The van der Waals surface area contributed by atoms with E-state index in [0.29, 0.717) is 22.7 Å². The van der Waals surface area contributed by atoms with Crippen LogP contribution < -0.4 is 16.8 Å². The molecule has 2 aromatic rings. The molecular weight excluding hydrogens is 220 g/mol. The lowest BCUT2D eigenvalue weighted by molar-refractivity contribution is 0.0948. The highest BCUT2D eigenvalue weighted by atomic mass is 16.5. The summed E-state index contributed by atoms with van der Waals surface area (Å²) in [5.74, 6) is 0.297. The molecule has 0 spiro atoms. The summed E-state index contributed by atoms with van der Waals surface area (Å²) < 4.78 is 4.85. The number of carbonyl (C=O) groups excluding carboxylic acids is 1. The Hall–Kier alpha value is -2.50. The van der Waals surface area contributed by atoms with Gasteiger partial charge in [-0.2, -0.15) is 0 Å². The molecule has 1 amide bonds. The number of carbonyl (C=O) groups is 1. The van der Waals surface area contributed by atoms with E-state index in [4.69, 9.17) is 16.0 Å². The molecule has 2 rings (SSSR count). The predicted molar refractivity (Wildman–Crippen MR) is 62.9 cm³/mol. The molecule has 6 nitrogen and oxygen atoms in total. The number of hydrogen-bond donors (Lipinski definition) is 3. The van der Waals surface area contributed by atoms with Crippen molar-refractivity contribution >= 4 is 17.3 Å². The zero-order valence-corrected chi connectivity index (χ0v) is 9.01. The fourth-order valence-corrected chi connectivity index (χ4v) is 1.38. The number of nitrogen functional groups attached to an aromatic ring is 2. The van der Waals surface area contributed by atoms with Crippen molar-refractivity contribution in [2.24, 2.45) is 0 Å². The lowest BCUT2D eigenvalue weighted by atomic mass is 10.1. The Kier molecular flexibility index (Phi) is 2.95. The van der Waals surface area contributed by atoms with Gasteiger partial charge in [-0.3, -0.25) is 4.79 Å². The van der Waals surface area contributed by atoms with Gasteiger partial charge in [0.15, 0.2) is 5.76 Å². The first kappa shape index (κ1) is 11.0. The summed E-state index contributed by atoms with van der Waals surface area (Å²) in [6.45, 7) is 0.267. The minimum absolute atomic E-state index is 0.267. The number of benzene rings is 1. The first-order valence-electron chi connectivity index (χ1n) is 4.99. The molecule has 5 N–H and O–H groups in total. The summed E-state index contributed by atoms with van der Waals surface area (Å²) in [7, 11) is 0. The van der Waals surface area contributed by atoms with Crippen LogP contribution in [0, 0.1) is 0 Å². The first-order valence-corrected chi connectivity index (χ1v) is 4.99. The number of anilines is 2. The van der Waals surface area contributed by atoms with Gasteiger partial charge < -0.3 is 21.3 Å². The van der Waals surface area contributed by atoms with Crippen molar-refractivity contribution in [2.45, 2.75) is 6.54 Å². The van der Waals surface area contributed by atoms with E-state index in [1.807, 2.05) is 0 Å². The van der Waals surface area contributed by atoms with E-state index in [1.54, 1.807) is 24.3 Å². The van der Waals surface area contributed by atoms with E-state index in [9.17, 15) is 4.79 Å². The van der Waals surface area contributed by atoms with E-state index in [0.717, 1.165) is 0 Å². The van der Waals surface area contributed by atoms with Gasteiger partial charge in [0.2, 0.25) is 0 Å². The molecule has 1 aromatic carbocycles. The average molecular weight is 232 g/mol. The zero-order chi connectivity index (χ0) is 12.3. The van der Waals surface area contributed by atoms with E-state index < -0.39 is 0 Å². The highest BCUT2D eigenvalue weighted by Gasteiger charge is 2.10. The van der Waals surface area contributed by atoms with Crippen LogP contribution in [-0.4, -0.2) is 11.1 Å². The molecule has 88 valence electrons. The van der Waals surface area contributed by atoms with Crippen LogP contribution in [-0.2, 0) is 6.54 Å². The maximum atomic E-state index is 11.8. The lowest BCUT2D eigenvalue weighted by Gasteiger charge is -2.06. The number of hydrogen-bond acceptors (Lipinski definition) is 5. The topological polar surface area (TPSA) is 107 Å². The van der Waals surface area contributed by atoms with Crippen LogP contribution in [0.25, 0.3) is 0 Å². The van der Waals surface area contributed by atoms with Gasteiger partial charge in [0.1, 0.15) is 0 Å². The molecule has 0 fully saturated rings. The summed E-state index contributed by atoms with van der Waals surface area (Å²) >= 11 is 0. The summed E-state index contributed by atoms with van der Waals surface area (Å²) in [5, 5.41) is 6.20. The number of nitrogens with two attached hydrogens (primary N) is 2. The maximum absolute atomic E-state index is 11.8. The second-order valence-corrected chi connectivity index (χ2v) is 3.51. The van der Waals surface area contributed by atoms with E-state index in [2.05, 4.69) is 10.5 Å². The van der Waals surface area contributed by atoms with Gasteiger partial charge in [-0.15, -0.1) is 0 Å². The minimum atomic E-state index is -0.279. The van der Waals surface area contributed by atoms with Crippen molar-refractivity contribution in [3.05, 3.63) is 41.8 Å². The molecule has 0 saturated heterocycles. The Morgan fingerprint density at radius 3 is 2.82 bits per heavy atom. The van der Waals surface area contributed by atoms with Crippen molar-refractivity contribution < 1.29 is 9.32 Å². The van der Waals surface area contributed by atoms with Gasteiger partial charge in [0.05, 0.1) is 18.3 Å². The lowest BCUT2D eigenvalue weighted by Crippen LogP contribution is -2.23. The van der Waals surface area contributed by atoms with Crippen LogP contribution in [0.3, 0.4) is 0 Å². The van der Waals surface area contributed by atoms with Gasteiger partial charge in [0, 0.05) is 17.4 Å². The number of nitrogens with zero attached hydrogens (tertiary/aromatic N) is 1. The minimum Gasteiger partial charge on any atom is -0.399 e. The molecule has 0 aliphatic rings. The third kappa shape index (κ3) is 2.54. The summed E-state index contributed by atoms with van der Waals surface area (Å²) in [5.41, 5.74) is 12.5. The van der Waals surface area contributed by atoms with Gasteiger partial charge >= 0.3 is 0 Å². The number of rotatable bonds is 3. The third-order valence-corrected chi connectivity index (χ3v) is 2.23. The van der Waals surface area contributed by atoms with Crippen molar-refractivity contribution in [3.63, 3.8) is 0 Å². The average Bonchev–Trinajstić information content (AvgIpc) is 2.78. The monoisotopic (exact) mass is 232 g/mol. The standard InChI is InChI=1S/C11H12N4O2/c12-7-1-2-9(10(13)5-7)11(16)14-6-8-3-4-15-17-8/h1-5H,6,12-13H2,(H,14,16). The van der Waals surface area contributed by atoms with Gasteiger partial charge in [-0.25, -0.2) is 0 Å². The van der Waals surface area contributed by atoms with Gasteiger partial charge in [0.25, 0.3) is 5.91 Å². The van der Waals surface area contributed by atoms with Crippen molar-refractivity contribution in [3.8, 4) is 0 Å². The SMILES string of the molecule is Nc1ccc(C(=O)NCc2ccno2)c(N)c1. The molecule has 17 heavy (non-hydrogen) atoms. The molecule has 0 unspecified atom stereocenters. The number of amides is 1. The molecule has 0 aliphatic heterocycles. The molecule has 0 radical (unpaired) electrons. The summed E-state index contributed by atoms with van der Waals surface area (Å²) in [6.07, 6.45) is 1.51. The van der Waals surface area contributed by atoms with E-state index in [-0.39, 0.29) is 12.5 Å². The Morgan fingerprint density at radius 2 is 2.18 bits per heavy atom. The molecule has 0 bridgehead atoms. The molecule has 6 heteroatoms. The van der Waals surface area contributed by atoms with E-state index >= 15 is 0 Å². The van der Waals surface area contributed by atoms with Crippen molar-refractivity contribution in [1.29, 1.82) is 0 Å². The number of nitrogens with one attached hydrogen (secondary N) is 1. The normalized spacial score (nSPS) is 10.1. The predicted octanol–water partition coefficient (Wildman–Crippen LogP) is 0.769. The molecule has 1 aromatic heterocycles. The molecule has 1 heterocycles. The van der Waals surface area contributed by atoms with Crippen LogP contribution >= 0.6 is 0 Å². The fourth-order valence-electron chi connectivity index (χ4n) is 1.38. The van der Waals surface area contributed by atoms with Crippen molar-refractivity contribution in [2.75, 3.05) is 11.5 Å². The number of aromatic nitrogens is 1. The quantitative estimate of drug-likeness (QED) is 0.677. The second-order valence-electron chi connectivity index (χ2n) is 3.51. The fraction of sp³-hybridized carbons (Fsp3) is 0.0909. The maximum Gasteiger partial charge on any atom is 0.253 e.